The molecule has 0 saturated carbocycles. The van der Waals surface area contributed by atoms with Gasteiger partial charge in [0.05, 0.1) is 11.4 Å². The number of amides is 4. The first-order chi connectivity index (χ1) is 14.5. The lowest BCUT2D eigenvalue weighted by molar-refractivity contribution is -0.124. The molecule has 1 heterocycles. The molecule has 2 aromatic rings. The van der Waals surface area contributed by atoms with Gasteiger partial charge in [0, 0.05) is 23.7 Å². The van der Waals surface area contributed by atoms with Crippen molar-refractivity contribution in [2.75, 3.05) is 19.6 Å². The molecule has 4 amide bonds. The van der Waals surface area contributed by atoms with Crippen LogP contribution in [0.25, 0.3) is 6.08 Å². The maximum absolute atomic E-state index is 12.5. The standard InChI is InChI=1S/C21H18ClN3O4S/c22-16-9-5-4-8-15(16)12-17-20(28)25(21(29)30-17)11-10-23-18(26)13-24-19(27)14-6-2-1-3-7-14/h1-9,12H,10-11,13H2,(H,23,26)(H,24,27)/b17-12-. The zero-order valence-corrected chi connectivity index (χ0v) is 17.3. The van der Waals surface area contributed by atoms with Crippen molar-refractivity contribution < 1.29 is 19.2 Å². The van der Waals surface area contributed by atoms with E-state index in [2.05, 4.69) is 10.6 Å². The molecule has 1 aliphatic rings. The number of carbonyl (C=O) groups is 4. The first-order valence-corrected chi connectivity index (χ1v) is 10.2. The highest BCUT2D eigenvalue weighted by molar-refractivity contribution is 8.18. The summed E-state index contributed by atoms with van der Waals surface area (Å²) in [5.74, 6) is -1.21. The van der Waals surface area contributed by atoms with Crippen molar-refractivity contribution >= 4 is 52.4 Å². The fraction of sp³-hybridized carbons (Fsp3) is 0.143. The fourth-order valence-corrected chi connectivity index (χ4v) is 3.69. The smallest absolute Gasteiger partial charge is 0.293 e. The number of nitrogens with zero attached hydrogens (tertiary/aromatic N) is 1. The van der Waals surface area contributed by atoms with Gasteiger partial charge in [-0.2, -0.15) is 0 Å². The van der Waals surface area contributed by atoms with Gasteiger partial charge in [0.15, 0.2) is 0 Å². The van der Waals surface area contributed by atoms with Gasteiger partial charge < -0.3 is 10.6 Å². The van der Waals surface area contributed by atoms with Crippen molar-refractivity contribution in [1.82, 2.24) is 15.5 Å². The van der Waals surface area contributed by atoms with Crippen molar-refractivity contribution in [3.63, 3.8) is 0 Å². The SMILES string of the molecule is O=C(CNC(=O)c1ccccc1)NCCN1C(=O)S/C(=C\c2ccccc2Cl)C1=O. The summed E-state index contributed by atoms with van der Waals surface area (Å²) in [4.78, 5) is 49.8. The highest BCUT2D eigenvalue weighted by Crippen LogP contribution is 2.33. The molecule has 0 unspecified atom stereocenters. The highest BCUT2D eigenvalue weighted by Gasteiger charge is 2.34. The molecule has 154 valence electrons. The quantitative estimate of drug-likeness (QED) is 0.641. The van der Waals surface area contributed by atoms with E-state index in [1.54, 1.807) is 60.7 Å². The van der Waals surface area contributed by atoms with E-state index in [1.165, 1.54) is 0 Å². The Kier molecular flexibility index (Phi) is 7.26. The number of carbonyl (C=O) groups excluding carboxylic acids is 4. The Bertz CT molecular complexity index is 1010. The van der Waals surface area contributed by atoms with E-state index in [9.17, 15) is 19.2 Å². The summed E-state index contributed by atoms with van der Waals surface area (Å²) in [5.41, 5.74) is 1.10. The van der Waals surface area contributed by atoms with Gasteiger partial charge in [-0.05, 0) is 41.6 Å². The van der Waals surface area contributed by atoms with E-state index in [4.69, 9.17) is 11.6 Å². The van der Waals surface area contributed by atoms with Crippen LogP contribution >= 0.6 is 23.4 Å². The number of nitrogens with one attached hydrogen (secondary N) is 2. The summed E-state index contributed by atoms with van der Waals surface area (Å²) in [7, 11) is 0. The minimum absolute atomic E-state index is 0.0307. The molecule has 0 aromatic heterocycles. The third-order valence-electron chi connectivity index (χ3n) is 4.17. The Hall–Kier alpha value is -3.10. The van der Waals surface area contributed by atoms with Crippen LogP contribution in [0.15, 0.2) is 59.5 Å². The molecule has 7 nitrogen and oxygen atoms in total. The van der Waals surface area contributed by atoms with Gasteiger partial charge in [-0.1, -0.05) is 48.0 Å². The topological polar surface area (TPSA) is 95.6 Å². The zero-order chi connectivity index (χ0) is 21.5. The highest BCUT2D eigenvalue weighted by atomic mass is 35.5. The Labute approximate surface area is 182 Å². The second kappa shape index (κ2) is 10.1. The maximum atomic E-state index is 12.5. The van der Waals surface area contributed by atoms with Crippen LogP contribution in [0.3, 0.4) is 0 Å². The number of benzene rings is 2. The van der Waals surface area contributed by atoms with Crippen molar-refractivity contribution in [3.05, 3.63) is 75.7 Å². The van der Waals surface area contributed by atoms with Gasteiger partial charge in [-0.25, -0.2) is 0 Å². The molecule has 0 radical (unpaired) electrons. The third-order valence-corrected chi connectivity index (χ3v) is 5.42. The lowest BCUT2D eigenvalue weighted by atomic mass is 10.2. The molecular formula is C21H18ClN3O4S. The minimum Gasteiger partial charge on any atom is -0.353 e. The molecule has 1 aliphatic heterocycles. The Morgan fingerprint density at radius 2 is 1.70 bits per heavy atom. The summed E-state index contributed by atoms with van der Waals surface area (Å²) in [5, 5.41) is 5.16. The fourth-order valence-electron chi connectivity index (χ4n) is 2.65. The van der Waals surface area contributed by atoms with Crippen molar-refractivity contribution in [1.29, 1.82) is 0 Å². The predicted molar refractivity (Wildman–Crippen MR) is 116 cm³/mol. The normalized spacial score (nSPS) is 14.8. The van der Waals surface area contributed by atoms with Gasteiger partial charge in [0.1, 0.15) is 0 Å². The Morgan fingerprint density at radius 3 is 2.43 bits per heavy atom. The van der Waals surface area contributed by atoms with Gasteiger partial charge in [0.2, 0.25) is 5.91 Å². The number of thioether (sulfide) groups is 1. The number of halogens is 1. The van der Waals surface area contributed by atoms with Gasteiger partial charge in [0.25, 0.3) is 17.1 Å². The van der Waals surface area contributed by atoms with E-state index in [-0.39, 0.29) is 30.4 Å². The predicted octanol–water partition coefficient (Wildman–Crippen LogP) is 2.92. The summed E-state index contributed by atoms with van der Waals surface area (Å²) in [6.45, 7) is -0.0949. The van der Waals surface area contributed by atoms with E-state index < -0.39 is 17.1 Å². The summed E-state index contributed by atoms with van der Waals surface area (Å²) >= 11 is 6.92. The van der Waals surface area contributed by atoms with Gasteiger partial charge in [-0.15, -0.1) is 0 Å². The van der Waals surface area contributed by atoms with Crippen LogP contribution in [0.1, 0.15) is 15.9 Å². The van der Waals surface area contributed by atoms with Gasteiger partial charge in [-0.3, -0.25) is 24.1 Å². The number of hydrogen-bond acceptors (Lipinski definition) is 5. The molecule has 0 atom stereocenters. The van der Waals surface area contributed by atoms with Crippen molar-refractivity contribution in [2.24, 2.45) is 0 Å². The van der Waals surface area contributed by atoms with E-state index >= 15 is 0 Å². The van der Waals surface area contributed by atoms with Crippen LogP contribution in [0.5, 0.6) is 0 Å². The average Bonchev–Trinajstić information content (AvgIpc) is 3.01. The molecule has 30 heavy (non-hydrogen) atoms. The second-order valence-corrected chi connectivity index (χ2v) is 7.65. The van der Waals surface area contributed by atoms with E-state index in [0.717, 1.165) is 16.7 Å². The first kappa shape index (κ1) is 21.6. The minimum atomic E-state index is -0.434. The van der Waals surface area contributed by atoms with Crippen molar-refractivity contribution in [2.45, 2.75) is 0 Å². The maximum Gasteiger partial charge on any atom is 0.293 e. The second-order valence-electron chi connectivity index (χ2n) is 6.25. The zero-order valence-electron chi connectivity index (χ0n) is 15.8. The average molecular weight is 444 g/mol. The van der Waals surface area contributed by atoms with Crippen LogP contribution in [0.2, 0.25) is 5.02 Å². The lowest BCUT2D eigenvalue weighted by Crippen LogP contribution is -2.41. The van der Waals surface area contributed by atoms with Crippen LogP contribution < -0.4 is 10.6 Å². The van der Waals surface area contributed by atoms with Crippen LogP contribution in [-0.2, 0) is 9.59 Å². The number of hydrogen-bond donors (Lipinski definition) is 2. The molecule has 0 spiro atoms. The molecule has 1 saturated heterocycles. The summed E-state index contributed by atoms with van der Waals surface area (Å²) in [6.07, 6.45) is 1.57. The largest absolute Gasteiger partial charge is 0.353 e. The number of rotatable bonds is 7. The Balaban J connectivity index is 1.47. The van der Waals surface area contributed by atoms with E-state index in [0.29, 0.717) is 16.1 Å². The molecule has 1 fully saturated rings. The molecular weight excluding hydrogens is 426 g/mol. The third kappa shape index (κ3) is 5.49. The molecule has 2 N–H and O–H groups in total. The van der Waals surface area contributed by atoms with Crippen LogP contribution in [0.4, 0.5) is 4.79 Å². The molecule has 0 aliphatic carbocycles. The van der Waals surface area contributed by atoms with Crippen LogP contribution in [0, 0.1) is 0 Å². The monoisotopic (exact) mass is 443 g/mol. The van der Waals surface area contributed by atoms with E-state index in [1.807, 2.05) is 0 Å². The number of imide groups is 1. The Morgan fingerprint density at radius 1 is 1.00 bits per heavy atom. The van der Waals surface area contributed by atoms with Gasteiger partial charge >= 0.3 is 0 Å². The first-order valence-electron chi connectivity index (χ1n) is 9.05. The molecule has 2 aromatic carbocycles. The summed E-state index contributed by atoms with van der Waals surface area (Å²) < 4.78 is 0. The van der Waals surface area contributed by atoms with Crippen molar-refractivity contribution in [3.8, 4) is 0 Å². The lowest BCUT2D eigenvalue weighted by Gasteiger charge is -2.13. The molecule has 9 heteroatoms. The molecule has 0 bridgehead atoms. The summed E-state index contributed by atoms with van der Waals surface area (Å²) in [6, 6.07) is 15.5. The van der Waals surface area contributed by atoms with Crippen LogP contribution in [-0.4, -0.2) is 47.5 Å². The molecule has 3 rings (SSSR count).